The van der Waals surface area contributed by atoms with Crippen LogP contribution >= 0.6 is 11.3 Å². The number of fused-ring (bicyclic) bond motifs is 1. The fourth-order valence-corrected chi connectivity index (χ4v) is 3.30. The Morgan fingerprint density at radius 3 is 2.80 bits per heavy atom. The minimum absolute atomic E-state index is 0.315. The Kier molecular flexibility index (Phi) is 4.49. The SMILES string of the molecule is Cc1nn(C)c2sc(C(=O)OCC(=O)Nc3cc(F)ccc3F)cc12. The highest BCUT2D eigenvalue weighted by Crippen LogP contribution is 2.28. The van der Waals surface area contributed by atoms with Crippen LogP contribution in [0.25, 0.3) is 10.2 Å². The van der Waals surface area contributed by atoms with Crippen LogP contribution in [0.5, 0.6) is 0 Å². The first-order valence-electron chi connectivity index (χ1n) is 7.20. The summed E-state index contributed by atoms with van der Waals surface area (Å²) < 4.78 is 33.1. The molecule has 0 saturated heterocycles. The first-order chi connectivity index (χ1) is 11.8. The van der Waals surface area contributed by atoms with Gasteiger partial charge < -0.3 is 10.1 Å². The summed E-state index contributed by atoms with van der Waals surface area (Å²) in [6.07, 6.45) is 0. The number of hydrogen-bond donors (Lipinski definition) is 1. The van der Waals surface area contributed by atoms with E-state index < -0.39 is 30.1 Å². The molecule has 1 aromatic carbocycles. The summed E-state index contributed by atoms with van der Waals surface area (Å²) in [5.41, 5.74) is 0.469. The van der Waals surface area contributed by atoms with Gasteiger partial charge in [0.05, 0.1) is 11.4 Å². The maximum absolute atomic E-state index is 13.5. The number of aromatic nitrogens is 2. The Balaban J connectivity index is 1.63. The Morgan fingerprint density at radius 2 is 2.08 bits per heavy atom. The second-order valence-electron chi connectivity index (χ2n) is 5.29. The average molecular weight is 365 g/mol. The summed E-state index contributed by atoms with van der Waals surface area (Å²) in [4.78, 5) is 25.0. The molecule has 1 N–H and O–H groups in total. The van der Waals surface area contributed by atoms with E-state index in [0.717, 1.165) is 34.1 Å². The lowest BCUT2D eigenvalue weighted by molar-refractivity contribution is -0.119. The van der Waals surface area contributed by atoms with Crippen LogP contribution in [0.3, 0.4) is 0 Å². The molecule has 2 heterocycles. The van der Waals surface area contributed by atoms with Gasteiger partial charge in [-0.3, -0.25) is 9.48 Å². The molecule has 0 aliphatic carbocycles. The van der Waals surface area contributed by atoms with Crippen LogP contribution < -0.4 is 5.32 Å². The summed E-state index contributed by atoms with van der Waals surface area (Å²) in [6.45, 7) is 1.21. The van der Waals surface area contributed by atoms with Crippen molar-refractivity contribution in [2.75, 3.05) is 11.9 Å². The van der Waals surface area contributed by atoms with Crippen molar-refractivity contribution in [3.05, 3.63) is 46.5 Å². The molecule has 0 aliphatic heterocycles. The van der Waals surface area contributed by atoms with Crippen molar-refractivity contribution < 1.29 is 23.1 Å². The lowest BCUT2D eigenvalue weighted by atomic mass is 10.3. The zero-order valence-electron chi connectivity index (χ0n) is 13.3. The normalized spacial score (nSPS) is 10.9. The number of carbonyl (C=O) groups excluding carboxylic acids is 2. The van der Waals surface area contributed by atoms with E-state index in [1.165, 1.54) is 11.3 Å². The van der Waals surface area contributed by atoms with Crippen molar-refractivity contribution in [1.82, 2.24) is 9.78 Å². The minimum atomic E-state index is -0.784. The van der Waals surface area contributed by atoms with Gasteiger partial charge in [-0.15, -0.1) is 11.3 Å². The van der Waals surface area contributed by atoms with E-state index in [0.29, 0.717) is 4.88 Å². The molecule has 130 valence electrons. The quantitative estimate of drug-likeness (QED) is 0.722. The monoisotopic (exact) mass is 365 g/mol. The highest BCUT2D eigenvalue weighted by molar-refractivity contribution is 7.20. The van der Waals surface area contributed by atoms with E-state index in [-0.39, 0.29) is 5.69 Å². The topological polar surface area (TPSA) is 73.2 Å². The molecular formula is C16H13F2N3O3S. The number of carbonyl (C=O) groups is 2. The number of hydrogen-bond acceptors (Lipinski definition) is 5. The third kappa shape index (κ3) is 3.50. The van der Waals surface area contributed by atoms with Gasteiger partial charge in [-0.1, -0.05) is 0 Å². The maximum atomic E-state index is 13.5. The first kappa shape index (κ1) is 17.0. The van der Waals surface area contributed by atoms with Crippen LogP contribution in [0.4, 0.5) is 14.5 Å². The second kappa shape index (κ2) is 6.60. The van der Waals surface area contributed by atoms with Gasteiger partial charge in [-0.2, -0.15) is 5.10 Å². The highest BCUT2D eigenvalue weighted by atomic mass is 32.1. The second-order valence-corrected chi connectivity index (χ2v) is 6.32. The Morgan fingerprint density at radius 1 is 1.32 bits per heavy atom. The lowest BCUT2D eigenvalue weighted by Crippen LogP contribution is -2.21. The summed E-state index contributed by atoms with van der Waals surface area (Å²) >= 11 is 1.20. The molecule has 25 heavy (non-hydrogen) atoms. The molecule has 0 fully saturated rings. The van der Waals surface area contributed by atoms with Gasteiger partial charge in [0.25, 0.3) is 5.91 Å². The van der Waals surface area contributed by atoms with Gasteiger partial charge in [-0.05, 0) is 25.1 Å². The zero-order chi connectivity index (χ0) is 18.1. The summed E-state index contributed by atoms with van der Waals surface area (Å²) in [5.74, 6) is -2.91. The number of nitrogens with zero attached hydrogens (tertiary/aromatic N) is 2. The molecule has 0 saturated carbocycles. The number of thiophene rings is 1. The fourth-order valence-electron chi connectivity index (χ4n) is 2.29. The van der Waals surface area contributed by atoms with Crippen molar-refractivity contribution in [3.8, 4) is 0 Å². The number of anilines is 1. The number of amides is 1. The molecule has 0 spiro atoms. The van der Waals surface area contributed by atoms with Crippen LogP contribution in [0.1, 0.15) is 15.4 Å². The smallest absolute Gasteiger partial charge is 0.348 e. The molecule has 3 rings (SSSR count). The number of halogens is 2. The number of nitrogens with one attached hydrogen (secondary N) is 1. The van der Waals surface area contributed by atoms with Crippen LogP contribution in [0.15, 0.2) is 24.3 Å². The van der Waals surface area contributed by atoms with Crippen molar-refractivity contribution in [3.63, 3.8) is 0 Å². The average Bonchev–Trinajstić information content (AvgIpc) is 3.11. The molecule has 0 radical (unpaired) electrons. The minimum Gasteiger partial charge on any atom is -0.451 e. The van der Waals surface area contributed by atoms with Gasteiger partial charge in [0, 0.05) is 18.5 Å². The van der Waals surface area contributed by atoms with E-state index in [4.69, 9.17) is 4.74 Å². The van der Waals surface area contributed by atoms with Gasteiger partial charge in [0.1, 0.15) is 21.3 Å². The molecule has 0 atom stereocenters. The molecule has 6 nitrogen and oxygen atoms in total. The van der Waals surface area contributed by atoms with E-state index in [2.05, 4.69) is 10.4 Å². The Hall–Kier alpha value is -2.81. The predicted molar refractivity (Wildman–Crippen MR) is 88.6 cm³/mol. The van der Waals surface area contributed by atoms with Crippen LogP contribution in [0, 0.1) is 18.6 Å². The number of aryl methyl sites for hydroxylation is 2. The van der Waals surface area contributed by atoms with Crippen LogP contribution in [-0.4, -0.2) is 28.3 Å². The van der Waals surface area contributed by atoms with Gasteiger partial charge in [0.2, 0.25) is 0 Å². The third-order valence-corrected chi connectivity index (χ3v) is 4.62. The standard InChI is InChI=1S/C16H13F2N3O3S/c1-8-10-6-13(25-15(10)21(2)20-8)16(23)24-7-14(22)19-12-5-9(17)3-4-11(12)18/h3-6H,7H2,1-2H3,(H,19,22). The number of ether oxygens (including phenoxy) is 1. The Bertz CT molecular complexity index is 946. The lowest BCUT2D eigenvalue weighted by Gasteiger charge is -2.07. The largest absolute Gasteiger partial charge is 0.451 e. The van der Waals surface area contributed by atoms with E-state index >= 15 is 0 Å². The Labute approximate surface area is 145 Å². The fraction of sp³-hybridized carbons (Fsp3) is 0.188. The molecule has 0 unspecified atom stereocenters. The molecular weight excluding hydrogens is 352 g/mol. The van der Waals surface area contributed by atoms with Crippen molar-refractivity contribution in [1.29, 1.82) is 0 Å². The number of rotatable bonds is 4. The molecule has 0 aliphatic rings. The summed E-state index contributed by atoms with van der Waals surface area (Å²) in [6, 6.07) is 4.32. The molecule has 1 amide bonds. The van der Waals surface area contributed by atoms with E-state index in [9.17, 15) is 18.4 Å². The molecule has 2 aromatic heterocycles. The van der Waals surface area contributed by atoms with Gasteiger partial charge >= 0.3 is 5.97 Å². The third-order valence-electron chi connectivity index (χ3n) is 3.43. The molecule has 3 aromatic rings. The highest BCUT2D eigenvalue weighted by Gasteiger charge is 2.17. The zero-order valence-corrected chi connectivity index (χ0v) is 14.1. The van der Waals surface area contributed by atoms with Crippen LogP contribution in [-0.2, 0) is 16.6 Å². The maximum Gasteiger partial charge on any atom is 0.348 e. The molecule has 0 bridgehead atoms. The summed E-state index contributed by atoms with van der Waals surface area (Å²) in [7, 11) is 1.77. The van der Waals surface area contributed by atoms with Gasteiger partial charge in [-0.25, -0.2) is 13.6 Å². The summed E-state index contributed by atoms with van der Waals surface area (Å²) in [5, 5.41) is 7.23. The van der Waals surface area contributed by atoms with E-state index in [1.807, 2.05) is 6.92 Å². The van der Waals surface area contributed by atoms with Gasteiger partial charge in [0.15, 0.2) is 6.61 Å². The van der Waals surface area contributed by atoms with Crippen molar-refractivity contribution in [2.45, 2.75) is 6.92 Å². The van der Waals surface area contributed by atoms with Crippen molar-refractivity contribution >= 4 is 39.1 Å². The van der Waals surface area contributed by atoms with Crippen LogP contribution in [0.2, 0.25) is 0 Å². The predicted octanol–water partition coefficient (Wildman–Crippen LogP) is 3.02. The van der Waals surface area contributed by atoms with E-state index in [1.54, 1.807) is 17.8 Å². The number of esters is 1. The first-order valence-corrected chi connectivity index (χ1v) is 8.02. The van der Waals surface area contributed by atoms with Crippen molar-refractivity contribution in [2.24, 2.45) is 7.05 Å². The number of benzene rings is 1. The molecule has 9 heteroatoms.